The van der Waals surface area contributed by atoms with Crippen LogP contribution in [0.3, 0.4) is 0 Å². The molecule has 0 spiro atoms. The summed E-state index contributed by atoms with van der Waals surface area (Å²) in [7, 11) is 1.82. The van der Waals surface area contributed by atoms with Gasteiger partial charge in [-0.05, 0) is 25.0 Å². The van der Waals surface area contributed by atoms with E-state index in [9.17, 15) is 4.79 Å². The molecule has 1 amide bonds. The van der Waals surface area contributed by atoms with E-state index in [4.69, 9.17) is 0 Å². The number of amides is 1. The first-order chi connectivity index (χ1) is 7.04. The third kappa shape index (κ3) is 3.34. The molecule has 0 aromatic heterocycles. The zero-order valence-electron chi connectivity index (χ0n) is 9.38. The van der Waals surface area contributed by atoms with E-state index in [-0.39, 0.29) is 5.91 Å². The molecule has 3 heteroatoms. The number of carbonyl (C=O) groups excluding carboxylic acids is 1. The predicted molar refractivity (Wildman–Crippen MR) is 66.2 cm³/mol. The topological polar surface area (TPSA) is 20.3 Å². The summed E-state index contributed by atoms with van der Waals surface area (Å²) in [6.07, 6.45) is 0. The largest absolute Gasteiger partial charge is 0.341 e. The van der Waals surface area contributed by atoms with Crippen LogP contribution in [0.25, 0.3) is 0 Å². The summed E-state index contributed by atoms with van der Waals surface area (Å²) in [6, 6.07) is 6.30. The molecule has 82 valence electrons. The third-order valence-electron chi connectivity index (χ3n) is 2.45. The molecule has 0 bridgehead atoms. The van der Waals surface area contributed by atoms with Crippen molar-refractivity contribution in [1.82, 2.24) is 4.90 Å². The molecule has 15 heavy (non-hydrogen) atoms. The molecule has 0 saturated heterocycles. The second-order valence-electron chi connectivity index (χ2n) is 3.81. The van der Waals surface area contributed by atoms with E-state index in [1.165, 1.54) is 16.7 Å². The van der Waals surface area contributed by atoms with Gasteiger partial charge in [0.2, 0.25) is 5.91 Å². The van der Waals surface area contributed by atoms with E-state index in [0.29, 0.717) is 11.9 Å². The zero-order chi connectivity index (χ0) is 11.4. The van der Waals surface area contributed by atoms with Crippen LogP contribution in [0.5, 0.6) is 0 Å². The van der Waals surface area contributed by atoms with Gasteiger partial charge in [0.15, 0.2) is 0 Å². The SMILES string of the molecule is Cc1ccc(CN(C)C(=O)CBr)c(C)c1. The fourth-order valence-corrected chi connectivity index (χ4v) is 1.90. The van der Waals surface area contributed by atoms with Crippen LogP contribution in [0.4, 0.5) is 0 Å². The molecule has 0 radical (unpaired) electrons. The highest BCUT2D eigenvalue weighted by atomic mass is 79.9. The molecule has 1 aromatic carbocycles. The van der Waals surface area contributed by atoms with Crippen LogP contribution >= 0.6 is 15.9 Å². The molecule has 0 N–H and O–H groups in total. The Balaban J connectivity index is 2.76. The lowest BCUT2D eigenvalue weighted by Gasteiger charge is -2.17. The van der Waals surface area contributed by atoms with E-state index in [0.717, 1.165) is 0 Å². The van der Waals surface area contributed by atoms with Crippen LogP contribution in [-0.2, 0) is 11.3 Å². The van der Waals surface area contributed by atoms with Gasteiger partial charge < -0.3 is 4.90 Å². The summed E-state index contributed by atoms with van der Waals surface area (Å²) in [4.78, 5) is 13.1. The van der Waals surface area contributed by atoms with Gasteiger partial charge in [-0.25, -0.2) is 0 Å². The molecule has 2 nitrogen and oxygen atoms in total. The number of alkyl halides is 1. The number of carbonyl (C=O) groups is 1. The van der Waals surface area contributed by atoms with Crippen LogP contribution in [0, 0.1) is 13.8 Å². The van der Waals surface area contributed by atoms with Crippen molar-refractivity contribution in [3.63, 3.8) is 0 Å². The first-order valence-corrected chi connectivity index (χ1v) is 6.03. The summed E-state index contributed by atoms with van der Waals surface area (Å²) in [5.74, 6) is 0.106. The van der Waals surface area contributed by atoms with E-state index < -0.39 is 0 Å². The molecular formula is C12H16BrNO. The first-order valence-electron chi connectivity index (χ1n) is 4.90. The summed E-state index contributed by atoms with van der Waals surface area (Å²) < 4.78 is 0. The summed E-state index contributed by atoms with van der Waals surface area (Å²) in [5.41, 5.74) is 3.70. The molecule has 0 heterocycles. The number of halogens is 1. The molecule has 0 aliphatic heterocycles. The Morgan fingerprint density at radius 1 is 1.40 bits per heavy atom. The fraction of sp³-hybridized carbons (Fsp3) is 0.417. The zero-order valence-corrected chi connectivity index (χ0v) is 11.0. The van der Waals surface area contributed by atoms with Crippen LogP contribution in [-0.4, -0.2) is 23.2 Å². The standard InChI is InChI=1S/C12H16BrNO/c1-9-4-5-11(10(2)6-9)8-14(3)12(15)7-13/h4-6H,7-8H2,1-3H3. The normalized spacial score (nSPS) is 10.1. The van der Waals surface area contributed by atoms with E-state index in [1.54, 1.807) is 4.90 Å². The lowest BCUT2D eigenvalue weighted by molar-refractivity contribution is -0.127. The van der Waals surface area contributed by atoms with Crippen LogP contribution < -0.4 is 0 Å². The van der Waals surface area contributed by atoms with Gasteiger partial charge in [0.1, 0.15) is 0 Å². The minimum absolute atomic E-state index is 0.106. The minimum Gasteiger partial charge on any atom is -0.341 e. The monoisotopic (exact) mass is 269 g/mol. The molecule has 1 aromatic rings. The Morgan fingerprint density at radius 3 is 2.60 bits per heavy atom. The number of rotatable bonds is 3. The van der Waals surface area contributed by atoms with Gasteiger partial charge in [-0.3, -0.25) is 4.79 Å². The second-order valence-corrected chi connectivity index (χ2v) is 4.37. The van der Waals surface area contributed by atoms with Gasteiger partial charge >= 0.3 is 0 Å². The Morgan fingerprint density at radius 2 is 2.07 bits per heavy atom. The van der Waals surface area contributed by atoms with Crippen molar-refractivity contribution in [3.8, 4) is 0 Å². The highest BCUT2D eigenvalue weighted by Crippen LogP contribution is 2.12. The van der Waals surface area contributed by atoms with Crippen molar-refractivity contribution >= 4 is 21.8 Å². The van der Waals surface area contributed by atoms with Gasteiger partial charge in [-0.2, -0.15) is 0 Å². The number of hydrogen-bond donors (Lipinski definition) is 0. The van der Waals surface area contributed by atoms with Crippen molar-refractivity contribution in [2.45, 2.75) is 20.4 Å². The molecule has 0 aliphatic carbocycles. The van der Waals surface area contributed by atoms with Gasteiger partial charge in [0.25, 0.3) is 0 Å². The lowest BCUT2D eigenvalue weighted by atomic mass is 10.1. The van der Waals surface area contributed by atoms with Gasteiger partial charge in [0, 0.05) is 13.6 Å². The fourth-order valence-electron chi connectivity index (χ4n) is 1.47. The first kappa shape index (κ1) is 12.2. The quantitative estimate of drug-likeness (QED) is 0.773. The lowest BCUT2D eigenvalue weighted by Crippen LogP contribution is -2.27. The van der Waals surface area contributed by atoms with E-state index in [2.05, 4.69) is 48.0 Å². The molecular weight excluding hydrogens is 254 g/mol. The smallest absolute Gasteiger partial charge is 0.233 e. The van der Waals surface area contributed by atoms with Gasteiger partial charge in [-0.15, -0.1) is 0 Å². The molecule has 0 saturated carbocycles. The Labute approximate surface area is 99.4 Å². The van der Waals surface area contributed by atoms with Crippen LogP contribution in [0.1, 0.15) is 16.7 Å². The van der Waals surface area contributed by atoms with E-state index >= 15 is 0 Å². The Hall–Kier alpha value is -0.830. The Kier molecular flexibility index (Phi) is 4.33. The number of hydrogen-bond acceptors (Lipinski definition) is 1. The average Bonchev–Trinajstić information content (AvgIpc) is 2.20. The maximum absolute atomic E-state index is 11.4. The molecule has 0 fully saturated rings. The molecule has 1 rings (SSSR count). The molecule has 0 aliphatic rings. The maximum Gasteiger partial charge on any atom is 0.233 e. The van der Waals surface area contributed by atoms with Crippen LogP contribution in [0.2, 0.25) is 0 Å². The highest BCUT2D eigenvalue weighted by molar-refractivity contribution is 9.09. The molecule has 0 atom stereocenters. The third-order valence-corrected chi connectivity index (χ3v) is 2.93. The molecule has 0 unspecified atom stereocenters. The second kappa shape index (κ2) is 5.31. The van der Waals surface area contributed by atoms with E-state index in [1.807, 2.05) is 7.05 Å². The van der Waals surface area contributed by atoms with Gasteiger partial charge in [0.05, 0.1) is 5.33 Å². The average molecular weight is 270 g/mol. The number of benzene rings is 1. The predicted octanol–water partition coefficient (Wildman–Crippen LogP) is 2.66. The number of aryl methyl sites for hydroxylation is 2. The van der Waals surface area contributed by atoms with Crippen LogP contribution in [0.15, 0.2) is 18.2 Å². The summed E-state index contributed by atoms with van der Waals surface area (Å²) in [6.45, 7) is 4.83. The Bertz CT molecular complexity index is 363. The summed E-state index contributed by atoms with van der Waals surface area (Å²) in [5, 5.41) is 0.383. The van der Waals surface area contributed by atoms with Crippen molar-refractivity contribution in [1.29, 1.82) is 0 Å². The highest BCUT2D eigenvalue weighted by Gasteiger charge is 2.08. The summed E-state index contributed by atoms with van der Waals surface area (Å²) >= 11 is 3.17. The minimum atomic E-state index is 0.106. The van der Waals surface area contributed by atoms with Crippen molar-refractivity contribution in [3.05, 3.63) is 34.9 Å². The number of nitrogens with zero attached hydrogens (tertiary/aromatic N) is 1. The van der Waals surface area contributed by atoms with Crippen molar-refractivity contribution in [2.75, 3.05) is 12.4 Å². The van der Waals surface area contributed by atoms with Crippen molar-refractivity contribution in [2.24, 2.45) is 0 Å². The maximum atomic E-state index is 11.4. The van der Waals surface area contributed by atoms with Gasteiger partial charge in [-0.1, -0.05) is 39.7 Å². The van der Waals surface area contributed by atoms with Crippen molar-refractivity contribution < 1.29 is 4.79 Å².